The molecule has 0 amide bonds. The third-order valence-electron chi connectivity index (χ3n) is 5.80. The average Bonchev–Trinajstić information content (AvgIpc) is 3.36. The van der Waals surface area contributed by atoms with Crippen molar-refractivity contribution >= 4 is 16.0 Å². The van der Waals surface area contributed by atoms with E-state index in [9.17, 15) is 13.2 Å². The van der Waals surface area contributed by atoms with Crippen LogP contribution in [0, 0.1) is 17.8 Å². The normalized spacial score (nSPS) is 29.8. The summed E-state index contributed by atoms with van der Waals surface area (Å²) < 4.78 is 37.2. The zero-order valence-electron chi connectivity index (χ0n) is 14.1. The number of aromatic amines is 1. The van der Waals surface area contributed by atoms with Crippen LogP contribution in [0.4, 0.5) is 0 Å². The van der Waals surface area contributed by atoms with Crippen LogP contribution >= 0.6 is 0 Å². The second-order valence-corrected chi connectivity index (χ2v) is 9.24. The van der Waals surface area contributed by atoms with Gasteiger partial charge in [-0.15, -0.1) is 0 Å². The van der Waals surface area contributed by atoms with Gasteiger partial charge in [-0.3, -0.25) is 0 Å². The first kappa shape index (κ1) is 17.1. The number of hydrogen-bond donors (Lipinski definition) is 1. The monoisotopic (exact) mass is 368 g/mol. The molecule has 2 heterocycles. The summed E-state index contributed by atoms with van der Waals surface area (Å²) >= 11 is 0. The van der Waals surface area contributed by atoms with E-state index in [4.69, 9.17) is 9.47 Å². The van der Waals surface area contributed by atoms with Gasteiger partial charge in [0.05, 0.1) is 19.8 Å². The van der Waals surface area contributed by atoms with Crippen molar-refractivity contribution < 1.29 is 22.7 Å². The van der Waals surface area contributed by atoms with Gasteiger partial charge in [0, 0.05) is 19.3 Å². The zero-order chi connectivity index (χ0) is 17.4. The van der Waals surface area contributed by atoms with Gasteiger partial charge in [0.15, 0.2) is 0 Å². The fourth-order valence-corrected chi connectivity index (χ4v) is 5.82. The Hall–Kier alpha value is -1.38. The lowest BCUT2D eigenvalue weighted by molar-refractivity contribution is 0.0388. The van der Waals surface area contributed by atoms with E-state index in [1.165, 1.54) is 35.8 Å². The molecule has 1 aliphatic heterocycles. The van der Waals surface area contributed by atoms with Gasteiger partial charge in [-0.25, -0.2) is 13.2 Å². The number of morpholine rings is 1. The number of fused-ring (bicyclic) bond motifs is 2. The van der Waals surface area contributed by atoms with Gasteiger partial charge in [-0.1, -0.05) is 6.42 Å². The van der Waals surface area contributed by atoms with Crippen molar-refractivity contribution in [1.29, 1.82) is 0 Å². The number of carbonyl (C=O) groups excluding carboxylic acids is 1. The number of ether oxygens (including phenoxy) is 2. The fourth-order valence-electron chi connectivity index (χ4n) is 4.42. The molecule has 7 nitrogen and oxygen atoms in total. The average molecular weight is 368 g/mol. The first-order valence-corrected chi connectivity index (χ1v) is 10.4. The maximum absolute atomic E-state index is 12.6. The molecule has 4 rings (SSSR count). The van der Waals surface area contributed by atoms with Crippen LogP contribution in [0.15, 0.2) is 17.2 Å². The highest BCUT2D eigenvalue weighted by Crippen LogP contribution is 2.48. The third kappa shape index (κ3) is 3.35. The van der Waals surface area contributed by atoms with Crippen LogP contribution < -0.4 is 0 Å². The lowest BCUT2D eigenvalue weighted by atomic mass is 9.90. The lowest BCUT2D eigenvalue weighted by Crippen LogP contribution is -2.40. The molecule has 2 bridgehead atoms. The first-order valence-electron chi connectivity index (χ1n) is 8.97. The summed E-state index contributed by atoms with van der Waals surface area (Å²) in [6.07, 6.45) is 6.34. The van der Waals surface area contributed by atoms with Gasteiger partial charge >= 0.3 is 5.97 Å². The topological polar surface area (TPSA) is 88.7 Å². The third-order valence-corrected chi connectivity index (χ3v) is 7.67. The largest absolute Gasteiger partial charge is 0.461 e. The Kier molecular flexibility index (Phi) is 4.59. The smallest absolute Gasteiger partial charge is 0.354 e. The van der Waals surface area contributed by atoms with Crippen LogP contribution in [0.25, 0.3) is 0 Å². The Morgan fingerprint density at radius 2 is 2.08 bits per heavy atom. The van der Waals surface area contributed by atoms with Crippen molar-refractivity contribution in [3.05, 3.63) is 18.0 Å². The van der Waals surface area contributed by atoms with E-state index in [0.717, 1.165) is 12.3 Å². The number of sulfonamides is 1. The number of H-pyrrole nitrogens is 1. The maximum atomic E-state index is 12.6. The molecule has 2 aliphatic carbocycles. The van der Waals surface area contributed by atoms with Gasteiger partial charge in [-0.2, -0.15) is 4.31 Å². The molecule has 3 aliphatic rings. The van der Waals surface area contributed by atoms with Crippen molar-refractivity contribution in [3.63, 3.8) is 0 Å². The Bertz CT molecular complexity index is 738. The number of esters is 1. The van der Waals surface area contributed by atoms with E-state index in [1.807, 2.05) is 0 Å². The molecular weight excluding hydrogens is 344 g/mol. The minimum atomic E-state index is -3.60. The molecule has 25 heavy (non-hydrogen) atoms. The quantitative estimate of drug-likeness (QED) is 0.798. The Morgan fingerprint density at radius 1 is 1.28 bits per heavy atom. The number of hydrogen-bond acceptors (Lipinski definition) is 5. The number of carbonyl (C=O) groups is 1. The highest BCUT2D eigenvalue weighted by Gasteiger charge is 2.40. The second kappa shape index (κ2) is 6.74. The van der Waals surface area contributed by atoms with E-state index in [2.05, 4.69) is 4.98 Å². The first-order chi connectivity index (χ1) is 12.0. The lowest BCUT2D eigenvalue weighted by Gasteiger charge is -2.25. The molecule has 1 aromatic rings. The SMILES string of the molecule is O=C(OC[C@H]1C[C@H]2CC[C@H]1C2)c1cc(S(=O)(=O)N2CCOCC2)c[nH]1. The Labute approximate surface area is 147 Å². The molecule has 3 fully saturated rings. The van der Waals surface area contributed by atoms with E-state index in [0.29, 0.717) is 44.7 Å². The van der Waals surface area contributed by atoms with Gasteiger partial charge in [0.25, 0.3) is 0 Å². The van der Waals surface area contributed by atoms with Crippen molar-refractivity contribution in [2.24, 2.45) is 17.8 Å². The molecule has 1 saturated heterocycles. The van der Waals surface area contributed by atoms with Crippen LogP contribution in [0.3, 0.4) is 0 Å². The summed E-state index contributed by atoms with van der Waals surface area (Å²) in [5.41, 5.74) is 0.190. The van der Waals surface area contributed by atoms with Crippen molar-refractivity contribution in [2.75, 3.05) is 32.9 Å². The van der Waals surface area contributed by atoms with Crippen LogP contribution in [-0.4, -0.2) is 56.6 Å². The summed E-state index contributed by atoms with van der Waals surface area (Å²) in [6, 6.07) is 1.37. The van der Waals surface area contributed by atoms with E-state index in [1.54, 1.807) is 0 Å². The van der Waals surface area contributed by atoms with Gasteiger partial charge in [-0.05, 0) is 43.1 Å². The molecular formula is C17H24N2O5S. The Morgan fingerprint density at radius 3 is 2.76 bits per heavy atom. The number of aromatic nitrogens is 1. The van der Waals surface area contributed by atoms with Crippen molar-refractivity contribution in [2.45, 2.75) is 30.6 Å². The van der Waals surface area contributed by atoms with E-state index < -0.39 is 16.0 Å². The molecule has 3 atom stereocenters. The van der Waals surface area contributed by atoms with Crippen LogP contribution in [-0.2, 0) is 19.5 Å². The Balaban J connectivity index is 1.37. The van der Waals surface area contributed by atoms with E-state index >= 15 is 0 Å². The predicted octanol–water partition coefficient (Wildman–Crippen LogP) is 1.63. The van der Waals surface area contributed by atoms with Gasteiger partial charge < -0.3 is 14.5 Å². The molecule has 0 spiro atoms. The highest BCUT2D eigenvalue weighted by atomic mass is 32.2. The molecule has 0 unspecified atom stereocenters. The van der Waals surface area contributed by atoms with Crippen LogP contribution in [0.2, 0.25) is 0 Å². The fraction of sp³-hybridized carbons (Fsp3) is 0.706. The standard InChI is InChI=1S/C17H24N2O5S/c20-17(24-11-14-8-12-1-2-13(14)7-12)16-9-15(10-18-16)25(21,22)19-3-5-23-6-4-19/h9-10,12-14,18H,1-8,11H2/t12-,13-,14+/m0/s1. The summed E-state index contributed by atoms with van der Waals surface area (Å²) in [5, 5.41) is 0. The van der Waals surface area contributed by atoms with Crippen LogP contribution in [0.5, 0.6) is 0 Å². The summed E-state index contributed by atoms with van der Waals surface area (Å²) in [5.74, 6) is 1.49. The van der Waals surface area contributed by atoms with Crippen molar-refractivity contribution in [3.8, 4) is 0 Å². The second-order valence-electron chi connectivity index (χ2n) is 7.30. The van der Waals surface area contributed by atoms with Crippen molar-refractivity contribution in [1.82, 2.24) is 9.29 Å². The summed E-state index contributed by atoms with van der Waals surface area (Å²) in [6.45, 7) is 1.88. The molecule has 2 saturated carbocycles. The molecule has 1 aromatic heterocycles. The molecule has 138 valence electrons. The summed E-state index contributed by atoms with van der Waals surface area (Å²) in [7, 11) is -3.60. The molecule has 8 heteroatoms. The molecule has 0 aromatic carbocycles. The highest BCUT2D eigenvalue weighted by molar-refractivity contribution is 7.89. The maximum Gasteiger partial charge on any atom is 0.354 e. The van der Waals surface area contributed by atoms with E-state index in [-0.39, 0.29) is 10.6 Å². The summed E-state index contributed by atoms with van der Waals surface area (Å²) in [4.78, 5) is 15.1. The molecule has 1 N–H and O–H groups in total. The minimum Gasteiger partial charge on any atom is -0.461 e. The minimum absolute atomic E-state index is 0.0984. The molecule has 0 radical (unpaired) electrons. The number of rotatable bonds is 5. The van der Waals surface area contributed by atoms with Gasteiger partial charge in [0.1, 0.15) is 10.6 Å². The predicted molar refractivity (Wildman–Crippen MR) is 89.6 cm³/mol. The van der Waals surface area contributed by atoms with Crippen LogP contribution in [0.1, 0.15) is 36.2 Å². The van der Waals surface area contributed by atoms with Gasteiger partial charge in [0.2, 0.25) is 10.0 Å². The number of nitrogens with zero attached hydrogens (tertiary/aromatic N) is 1. The zero-order valence-corrected chi connectivity index (χ0v) is 15.0. The number of nitrogens with one attached hydrogen (secondary N) is 1.